The third kappa shape index (κ3) is 7.02. The van der Waals surface area contributed by atoms with Crippen LogP contribution in [0.4, 0.5) is 0 Å². The van der Waals surface area contributed by atoms with Crippen molar-refractivity contribution in [2.24, 2.45) is 0 Å². The number of phosphoric acid groups is 1. The molecule has 2 aliphatic heterocycles. The van der Waals surface area contributed by atoms with Crippen molar-refractivity contribution in [2.75, 3.05) is 27.0 Å². The van der Waals surface area contributed by atoms with Crippen molar-refractivity contribution in [2.45, 2.75) is 49.3 Å². The summed E-state index contributed by atoms with van der Waals surface area (Å²) in [5.41, 5.74) is 0. The maximum atomic E-state index is 12.1. The summed E-state index contributed by atoms with van der Waals surface area (Å²) in [5, 5.41) is 0. The fraction of sp³-hybridized carbons (Fsp3) is 1.00. The van der Waals surface area contributed by atoms with Gasteiger partial charge in [0, 0.05) is 25.8 Å². The Morgan fingerprint density at radius 1 is 1.00 bits per heavy atom. The van der Waals surface area contributed by atoms with Crippen molar-refractivity contribution in [1.82, 2.24) is 0 Å². The Hall–Kier alpha value is 0.270. The van der Waals surface area contributed by atoms with E-state index in [1.165, 1.54) is 7.11 Å². The molecule has 0 N–H and O–H groups in total. The summed E-state index contributed by atoms with van der Waals surface area (Å²) in [6.45, 7) is 0.494. The zero-order valence-corrected chi connectivity index (χ0v) is 16.2. The summed E-state index contributed by atoms with van der Waals surface area (Å²) in [5.74, 6) is 0. The lowest BCUT2D eigenvalue weighted by Crippen LogP contribution is -2.32. The van der Waals surface area contributed by atoms with Crippen molar-refractivity contribution in [1.29, 1.82) is 0 Å². The number of hydrogen-bond acceptors (Lipinski definition) is 10. The van der Waals surface area contributed by atoms with E-state index in [9.17, 15) is 18.9 Å². The highest BCUT2D eigenvalue weighted by Crippen LogP contribution is 2.45. The molecule has 0 amide bonds. The van der Waals surface area contributed by atoms with Gasteiger partial charge in [0.1, 0.15) is 35.5 Å². The fourth-order valence-corrected chi connectivity index (χ4v) is 4.44. The molecule has 146 valence electrons. The summed E-state index contributed by atoms with van der Waals surface area (Å²) in [6.07, 6.45) is -3.20. The maximum Gasteiger partial charge on any atom is 0.268 e. The molecule has 8 atom stereocenters. The van der Waals surface area contributed by atoms with E-state index in [1.807, 2.05) is 0 Å². The largest absolute Gasteiger partial charge is 0.779 e. The predicted molar refractivity (Wildman–Crippen MR) is 86.8 cm³/mol. The maximum absolute atomic E-state index is 12.1. The van der Waals surface area contributed by atoms with Crippen molar-refractivity contribution in [3.8, 4) is 0 Å². The van der Waals surface area contributed by atoms with E-state index in [4.69, 9.17) is 43.5 Å². The molecular formula is C12H20B2O10P2-2. The molecule has 0 aromatic rings. The van der Waals surface area contributed by atoms with Gasteiger partial charge in [0.25, 0.3) is 7.82 Å². The smallest absolute Gasteiger partial charge is 0.268 e. The van der Waals surface area contributed by atoms with Gasteiger partial charge >= 0.3 is 0 Å². The SMILES string of the molecule is [B][C@H]1C[C@@H](OP(C)(=O)[O-])[C@@H](COP(=O)([O-])O[C@@H]2C[C@H]([B])O[C@@H]2COC)O1. The van der Waals surface area contributed by atoms with Gasteiger partial charge in [-0.1, -0.05) is 0 Å². The van der Waals surface area contributed by atoms with E-state index in [2.05, 4.69) is 0 Å². The molecule has 2 aliphatic rings. The molecular weight excluding hydrogens is 388 g/mol. The first-order valence-corrected chi connectivity index (χ1v) is 11.4. The second-order valence-electron chi connectivity index (χ2n) is 6.15. The first-order chi connectivity index (χ1) is 12.0. The van der Waals surface area contributed by atoms with E-state index in [0.717, 1.165) is 6.66 Å². The van der Waals surface area contributed by atoms with Crippen LogP contribution in [0.5, 0.6) is 0 Å². The van der Waals surface area contributed by atoms with Gasteiger partial charge in [-0.25, -0.2) is 0 Å². The van der Waals surface area contributed by atoms with Crippen LogP contribution < -0.4 is 9.79 Å². The minimum Gasteiger partial charge on any atom is -0.779 e. The molecule has 0 bridgehead atoms. The number of methoxy groups -OCH3 is 1. The van der Waals surface area contributed by atoms with Gasteiger partial charge in [0.2, 0.25) is 0 Å². The average molecular weight is 408 g/mol. The quantitative estimate of drug-likeness (QED) is 0.333. The monoisotopic (exact) mass is 408 g/mol. The Bertz CT molecular complexity index is 560. The van der Waals surface area contributed by atoms with Crippen molar-refractivity contribution in [3.63, 3.8) is 0 Å². The molecule has 2 fully saturated rings. The highest BCUT2D eigenvalue weighted by atomic mass is 31.2. The first kappa shape index (κ1) is 22.6. The lowest BCUT2D eigenvalue weighted by molar-refractivity contribution is -0.234. The summed E-state index contributed by atoms with van der Waals surface area (Å²) in [6, 6.07) is -1.47. The topological polar surface area (TPSA) is 136 Å². The van der Waals surface area contributed by atoms with E-state index < -0.39 is 58.4 Å². The Morgan fingerprint density at radius 2 is 1.50 bits per heavy atom. The summed E-state index contributed by atoms with van der Waals surface area (Å²) >= 11 is 0. The first-order valence-electron chi connectivity index (χ1n) is 7.91. The highest BCUT2D eigenvalue weighted by molar-refractivity contribution is 7.50. The zero-order valence-electron chi connectivity index (χ0n) is 14.4. The molecule has 0 aromatic heterocycles. The molecule has 4 radical (unpaired) electrons. The van der Waals surface area contributed by atoms with Crippen LogP contribution in [0.3, 0.4) is 0 Å². The van der Waals surface area contributed by atoms with Crippen LogP contribution in [0.2, 0.25) is 0 Å². The van der Waals surface area contributed by atoms with Gasteiger partial charge in [-0.15, -0.1) is 0 Å². The fourth-order valence-electron chi connectivity index (χ4n) is 2.78. The Labute approximate surface area is 154 Å². The third-order valence-corrected chi connectivity index (χ3v) is 5.42. The summed E-state index contributed by atoms with van der Waals surface area (Å²) in [7, 11) is 3.87. The molecule has 0 aromatic carbocycles. The molecule has 2 saturated heterocycles. The van der Waals surface area contributed by atoms with E-state index in [1.54, 1.807) is 0 Å². The lowest BCUT2D eigenvalue weighted by Gasteiger charge is -2.30. The molecule has 2 rings (SSSR count). The lowest BCUT2D eigenvalue weighted by atomic mass is 9.96. The van der Waals surface area contributed by atoms with Gasteiger partial charge in [0.15, 0.2) is 0 Å². The highest BCUT2D eigenvalue weighted by Gasteiger charge is 2.38. The molecule has 0 saturated carbocycles. The number of hydrogen-bond donors (Lipinski definition) is 0. The summed E-state index contributed by atoms with van der Waals surface area (Å²) in [4.78, 5) is 23.4. The molecule has 14 heteroatoms. The van der Waals surface area contributed by atoms with Crippen LogP contribution in [-0.2, 0) is 36.9 Å². The Kier molecular flexibility index (Phi) is 7.96. The van der Waals surface area contributed by atoms with Crippen LogP contribution in [-0.4, -0.2) is 79.1 Å². The predicted octanol–water partition coefficient (Wildman–Crippen LogP) is -1.36. The molecule has 0 aliphatic carbocycles. The average Bonchev–Trinajstić information content (AvgIpc) is 2.98. The van der Waals surface area contributed by atoms with Gasteiger partial charge in [-0.3, -0.25) is 4.57 Å². The van der Waals surface area contributed by atoms with Crippen LogP contribution in [0.1, 0.15) is 12.8 Å². The van der Waals surface area contributed by atoms with E-state index >= 15 is 0 Å². The van der Waals surface area contributed by atoms with Gasteiger partial charge in [0.05, 0.1) is 25.4 Å². The van der Waals surface area contributed by atoms with Crippen molar-refractivity contribution in [3.05, 3.63) is 0 Å². The van der Waals surface area contributed by atoms with E-state index in [-0.39, 0.29) is 19.4 Å². The van der Waals surface area contributed by atoms with Crippen LogP contribution >= 0.6 is 15.4 Å². The molecule has 26 heavy (non-hydrogen) atoms. The Balaban J connectivity index is 1.90. The van der Waals surface area contributed by atoms with Crippen LogP contribution in [0.15, 0.2) is 0 Å². The number of ether oxygens (including phenoxy) is 3. The number of phosphoric ester groups is 1. The molecule has 2 unspecified atom stereocenters. The minimum absolute atomic E-state index is 0.0827. The van der Waals surface area contributed by atoms with Gasteiger partial charge in [-0.2, -0.15) is 0 Å². The second kappa shape index (κ2) is 9.18. The van der Waals surface area contributed by atoms with Gasteiger partial charge < -0.3 is 42.1 Å². The zero-order chi connectivity index (χ0) is 19.5. The standard InChI is InChI=1S/C12H22B2O10P2/c1-19-5-9-8(4-12(14)21-9)24-26(17,18)20-6-10-7(3-11(13)22-10)23-25(2,15)16/h7-12H,3-6H2,1-2H3,(H,15,16)(H,17,18)/p-2/t7-,8-,9-,10-,11-,12-/m1/s1. The summed E-state index contributed by atoms with van der Waals surface area (Å²) < 4.78 is 53.6. The molecule has 10 nitrogen and oxygen atoms in total. The minimum atomic E-state index is -4.74. The van der Waals surface area contributed by atoms with Crippen molar-refractivity contribution >= 4 is 31.1 Å². The van der Waals surface area contributed by atoms with E-state index in [0.29, 0.717) is 0 Å². The third-order valence-electron chi connectivity index (χ3n) is 3.78. The van der Waals surface area contributed by atoms with Crippen LogP contribution in [0, 0.1) is 0 Å². The second-order valence-corrected chi connectivity index (χ2v) is 9.27. The molecule has 0 spiro atoms. The Morgan fingerprint density at radius 3 is 2.00 bits per heavy atom. The number of rotatable bonds is 9. The van der Waals surface area contributed by atoms with Crippen LogP contribution in [0.25, 0.3) is 0 Å². The molecule has 2 heterocycles. The normalized spacial score (nSPS) is 39.5. The van der Waals surface area contributed by atoms with Gasteiger partial charge in [-0.05, 0) is 12.8 Å². The van der Waals surface area contributed by atoms with Crippen molar-refractivity contribution < 1.29 is 46.7 Å².